The summed E-state index contributed by atoms with van der Waals surface area (Å²) in [4.78, 5) is 11.6. The van der Waals surface area contributed by atoms with E-state index in [1.165, 1.54) is 32.1 Å². The van der Waals surface area contributed by atoms with Gasteiger partial charge in [0, 0.05) is 38.7 Å². The predicted octanol–water partition coefficient (Wildman–Crippen LogP) is 3.29. The second kappa shape index (κ2) is 9.05. The highest BCUT2D eigenvalue weighted by Gasteiger charge is 2.23. The average molecular weight is 384 g/mol. The van der Waals surface area contributed by atoms with Crippen molar-refractivity contribution in [3.05, 3.63) is 24.3 Å². The Bertz CT molecular complexity index is 767. The molecule has 6 heteroatoms. The highest BCUT2D eigenvalue weighted by atomic mass is 16.5. The Morgan fingerprint density at radius 2 is 1.79 bits per heavy atom. The molecule has 1 aliphatic carbocycles. The SMILES string of the molecule is CN(C)c1nc(N[C@H]2CC[C@@H](CNCC3CCOC3)CC2)nc2ccccc12. The van der Waals surface area contributed by atoms with Crippen LogP contribution in [0.15, 0.2) is 24.3 Å². The van der Waals surface area contributed by atoms with Crippen molar-refractivity contribution in [1.29, 1.82) is 0 Å². The van der Waals surface area contributed by atoms with Gasteiger partial charge in [-0.1, -0.05) is 12.1 Å². The molecule has 1 saturated heterocycles. The van der Waals surface area contributed by atoms with Gasteiger partial charge in [0.25, 0.3) is 0 Å². The van der Waals surface area contributed by atoms with Crippen molar-refractivity contribution < 1.29 is 4.74 Å². The molecule has 1 atom stereocenters. The molecule has 1 aliphatic heterocycles. The number of nitrogens with one attached hydrogen (secondary N) is 2. The van der Waals surface area contributed by atoms with Crippen molar-refractivity contribution in [2.45, 2.75) is 38.1 Å². The van der Waals surface area contributed by atoms with Crippen LogP contribution in [0.5, 0.6) is 0 Å². The molecule has 152 valence electrons. The standard InChI is InChI=1S/C22H33N5O/c1-27(2)21-19-5-3-4-6-20(19)25-22(26-21)24-18-9-7-16(8-10-18)13-23-14-17-11-12-28-15-17/h3-6,16-18,23H,7-15H2,1-2H3,(H,24,25,26)/t16-,17?,18+. The van der Waals surface area contributed by atoms with Gasteiger partial charge in [0.2, 0.25) is 5.95 Å². The monoisotopic (exact) mass is 383 g/mol. The third-order valence-corrected chi connectivity index (χ3v) is 6.08. The van der Waals surface area contributed by atoms with Crippen molar-refractivity contribution in [2.24, 2.45) is 11.8 Å². The van der Waals surface area contributed by atoms with Gasteiger partial charge < -0.3 is 20.3 Å². The largest absolute Gasteiger partial charge is 0.381 e. The molecule has 1 unspecified atom stereocenters. The molecule has 6 nitrogen and oxygen atoms in total. The zero-order valence-corrected chi connectivity index (χ0v) is 17.2. The Morgan fingerprint density at radius 3 is 2.54 bits per heavy atom. The number of hydrogen-bond acceptors (Lipinski definition) is 6. The molecule has 2 fully saturated rings. The number of fused-ring (bicyclic) bond motifs is 1. The quantitative estimate of drug-likeness (QED) is 0.765. The highest BCUT2D eigenvalue weighted by Crippen LogP contribution is 2.28. The van der Waals surface area contributed by atoms with Crippen LogP contribution in [0.4, 0.5) is 11.8 Å². The second-order valence-corrected chi connectivity index (χ2v) is 8.53. The summed E-state index contributed by atoms with van der Waals surface area (Å²) >= 11 is 0. The molecule has 0 spiro atoms. The van der Waals surface area contributed by atoms with Crippen LogP contribution in [0.2, 0.25) is 0 Å². The van der Waals surface area contributed by atoms with E-state index in [0.717, 1.165) is 54.9 Å². The smallest absolute Gasteiger partial charge is 0.225 e. The minimum Gasteiger partial charge on any atom is -0.381 e. The molecule has 1 aromatic carbocycles. The molecule has 2 aliphatic rings. The van der Waals surface area contributed by atoms with Crippen LogP contribution in [0.3, 0.4) is 0 Å². The third kappa shape index (κ3) is 4.73. The first-order valence-electron chi connectivity index (χ1n) is 10.7. The van der Waals surface area contributed by atoms with Crippen molar-refractivity contribution in [1.82, 2.24) is 15.3 Å². The zero-order valence-electron chi connectivity index (χ0n) is 17.2. The summed E-state index contributed by atoms with van der Waals surface area (Å²) in [6.45, 7) is 4.12. The fourth-order valence-electron chi connectivity index (χ4n) is 4.39. The molecule has 1 aromatic heterocycles. The molecule has 0 bridgehead atoms. The Labute approximate surface area is 168 Å². The predicted molar refractivity (Wildman–Crippen MR) is 115 cm³/mol. The van der Waals surface area contributed by atoms with Crippen LogP contribution in [0.1, 0.15) is 32.1 Å². The van der Waals surface area contributed by atoms with Gasteiger partial charge in [-0.25, -0.2) is 4.98 Å². The van der Waals surface area contributed by atoms with Crippen LogP contribution in [0.25, 0.3) is 10.9 Å². The zero-order chi connectivity index (χ0) is 19.3. The summed E-state index contributed by atoms with van der Waals surface area (Å²) in [5, 5.41) is 8.37. The lowest BCUT2D eigenvalue weighted by Gasteiger charge is -2.30. The van der Waals surface area contributed by atoms with Gasteiger partial charge in [-0.3, -0.25) is 0 Å². The van der Waals surface area contributed by atoms with E-state index in [1.807, 2.05) is 26.2 Å². The third-order valence-electron chi connectivity index (χ3n) is 6.08. The van der Waals surface area contributed by atoms with E-state index in [9.17, 15) is 0 Å². The van der Waals surface area contributed by atoms with Crippen LogP contribution in [-0.2, 0) is 4.74 Å². The van der Waals surface area contributed by atoms with Crippen LogP contribution >= 0.6 is 0 Å². The number of para-hydroxylation sites is 1. The van der Waals surface area contributed by atoms with Gasteiger partial charge in [-0.05, 0) is 62.6 Å². The first-order valence-corrected chi connectivity index (χ1v) is 10.7. The summed E-state index contributed by atoms with van der Waals surface area (Å²) < 4.78 is 5.46. The van der Waals surface area contributed by atoms with Gasteiger partial charge in [0.15, 0.2) is 0 Å². The molecular weight excluding hydrogens is 350 g/mol. The first kappa shape index (κ1) is 19.4. The maximum atomic E-state index is 5.46. The van der Waals surface area contributed by atoms with Crippen LogP contribution < -0.4 is 15.5 Å². The molecule has 4 rings (SSSR count). The van der Waals surface area contributed by atoms with E-state index >= 15 is 0 Å². The number of rotatable bonds is 7. The minimum atomic E-state index is 0.468. The Morgan fingerprint density at radius 1 is 1.00 bits per heavy atom. The average Bonchev–Trinajstić information content (AvgIpc) is 3.22. The molecule has 0 radical (unpaired) electrons. The van der Waals surface area contributed by atoms with E-state index in [-0.39, 0.29) is 0 Å². The number of ether oxygens (including phenoxy) is 1. The van der Waals surface area contributed by atoms with Gasteiger partial charge >= 0.3 is 0 Å². The lowest BCUT2D eigenvalue weighted by molar-refractivity contribution is 0.184. The summed E-state index contributed by atoms with van der Waals surface area (Å²) in [5.74, 6) is 3.23. The van der Waals surface area contributed by atoms with Gasteiger partial charge in [-0.15, -0.1) is 0 Å². The maximum absolute atomic E-state index is 5.46. The lowest BCUT2D eigenvalue weighted by Crippen LogP contribution is -2.33. The van der Waals surface area contributed by atoms with Crippen LogP contribution in [0, 0.1) is 11.8 Å². The summed E-state index contributed by atoms with van der Waals surface area (Å²) in [6.07, 6.45) is 6.11. The van der Waals surface area contributed by atoms with Crippen molar-refractivity contribution in [3.8, 4) is 0 Å². The second-order valence-electron chi connectivity index (χ2n) is 8.53. The first-order chi connectivity index (χ1) is 13.7. The molecule has 1 saturated carbocycles. The lowest BCUT2D eigenvalue weighted by atomic mass is 9.86. The molecule has 2 aromatic rings. The Balaban J connectivity index is 1.29. The van der Waals surface area contributed by atoms with E-state index in [1.54, 1.807) is 0 Å². The van der Waals surface area contributed by atoms with Gasteiger partial charge in [-0.2, -0.15) is 4.98 Å². The summed E-state index contributed by atoms with van der Waals surface area (Å²) in [7, 11) is 4.07. The Kier molecular flexibility index (Phi) is 6.27. The number of nitrogens with zero attached hydrogens (tertiary/aromatic N) is 3. The van der Waals surface area contributed by atoms with E-state index in [0.29, 0.717) is 12.0 Å². The van der Waals surface area contributed by atoms with Crippen molar-refractivity contribution >= 4 is 22.7 Å². The molecule has 2 N–H and O–H groups in total. The number of aromatic nitrogens is 2. The number of benzene rings is 1. The fourth-order valence-corrected chi connectivity index (χ4v) is 4.39. The van der Waals surface area contributed by atoms with Crippen molar-refractivity contribution in [3.63, 3.8) is 0 Å². The van der Waals surface area contributed by atoms with E-state index in [4.69, 9.17) is 14.7 Å². The van der Waals surface area contributed by atoms with Gasteiger partial charge in [0.1, 0.15) is 5.82 Å². The minimum absolute atomic E-state index is 0.468. The molecule has 0 amide bonds. The van der Waals surface area contributed by atoms with E-state index in [2.05, 4.69) is 27.7 Å². The Hall–Kier alpha value is -1.92. The van der Waals surface area contributed by atoms with E-state index < -0.39 is 0 Å². The topological polar surface area (TPSA) is 62.3 Å². The van der Waals surface area contributed by atoms with Crippen molar-refractivity contribution in [2.75, 3.05) is 50.6 Å². The van der Waals surface area contributed by atoms with Crippen LogP contribution in [-0.4, -0.2) is 56.4 Å². The summed E-state index contributed by atoms with van der Waals surface area (Å²) in [5.41, 5.74) is 0.998. The fraction of sp³-hybridized carbons (Fsp3) is 0.636. The normalized spacial score (nSPS) is 25.1. The maximum Gasteiger partial charge on any atom is 0.225 e. The molecule has 28 heavy (non-hydrogen) atoms. The highest BCUT2D eigenvalue weighted by molar-refractivity contribution is 5.90. The number of anilines is 2. The number of hydrogen-bond donors (Lipinski definition) is 2. The van der Waals surface area contributed by atoms with Gasteiger partial charge in [0.05, 0.1) is 12.1 Å². The summed E-state index contributed by atoms with van der Waals surface area (Å²) in [6, 6.07) is 8.70. The molecular formula is C22H33N5O. The molecule has 2 heterocycles.